The van der Waals surface area contributed by atoms with Gasteiger partial charge in [0.05, 0.1) is 0 Å². The van der Waals surface area contributed by atoms with Crippen molar-refractivity contribution in [1.82, 2.24) is 0 Å². The molecule has 172 valence electrons. The van der Waals surface area contributed by atoms with Crippen molar-refractivity contribution in [3.8, 4) is 0 Å². The molecule has 0 saturated carbocycles. The van der Waals surface area contributed by atoms with E-state index in [1.165, 1.54) is 58.8 Å². The number of benzene rings is 6. The summed E-state index contributed by atoms with van der Waals surface area (Å²) in [4.78, 5) is 2.46. The number of hydrogen-bond acceptors (Lipinski definition) is 1. The molecular formula is C35H26S. The molecule has 0 fully saturated rings. The number of fused-ring (bicyclic) bond motifs is 2. The van der Waals surface area contributed by atoms with Crippen LogP contribution in [0.2, 0.25) is 0 Å². The van der Waals surface area contributed by atoms with Crippen LogP contribution in [0.3, 0.4) is 0 Å². The fraction of sp³-hybridized carbons (Fsp3) is 0.0286. The van der Waals surface area contributed by atoms with Crippen molar-refractivity contribution in [2.45, 2.75) is 16.7 Å². The average Bonchev–Trinajstić information content (AvgIpc) is 2.92. The quantitative estimate of drug-likeness (QED) is 0.247. The molecule has 0 bridgehead atoms. The molecule has 0 saturated heterocycles. The highest BCUT2D eigenvalue weighted by Crippen LogP contribution is 2.33. The molecule has 0 heterocycles. The summed E-state index contributed by atoms with van der Waals surface area (Å²) in [5.41, 5.74) is 4.96. The van der Waals surface area contributed by atoms with Crippen molar-refractivity contribution in [2.75, 3.05) is 0 Å². The van der Waals surface area contributed by atoms with E-state index in [2.05, 4.69) is 141 Å². The standard InChI is InChI=1S/C35H26S/c1-24-31-17-8-6-11-26(31)19-21-33(24)35(34-22-20-27-12-7-9-18-32(27)25(34)2)28-13-10-16-30(23-28)36-29-14-4-3-5-15-29/h3-23H,1H2,2H3/b35-33-. The van der Waals surface area contributed by atoms with Crippen LogP contribution in [-0.4, -0.2) is 0 Å². The Morgan fingerprint density at radius 3 is 2.03 bits per heavy atom. The lowest BCUT2D eigenvalue weighted by molar-refractivity contribution is 1.36. The monoisotopic (exact) mass is 478 g/mol. The molecule has 6 rings (SSSR count). The maximum Gasteiger partial charge on any atom is 0.0128 e. The summed E-state index contributed by atoms with van der Waals surface area (Å²) < 4.78 is 0. The summed E-state index contributed by atoms with van der Waals surface area (Å²) in [6.07, 6.45) is 0. The minimum atomic E-state index is 1.07. The van der Waals surface area contributed by atoms with E-state index in [1.807, 2.05) is 0 Å². The Morgan fingerprint density at radius 1 is 0.583 bits per heavy atom. The van der Waals surface area contributed by atoms with Gasteiger partial charge in [0.1, 0.15) is 0 Å². The molecular weight excluding hydrogens is 452 g/mol. The Kier molecular flexibility index (Phi) is 5.93. The van der Waals surface area contributed by atoms with Crippen molar-refractivity contribution >= 4 is 45.5 Å². The Bertz CT molecular complexity index is 1830. The Morgan fingerprint density at radius 2 is 1.22 bits per heavy atom. The van der Waals surface area contributed by atoms with Crippen LogP contribution in [0, 0.1) is 6.92 Å². The Balaban J connectivity index is 1.65. The van der Waals surface area contributed by atoms with Crippen LogP contribution in [-0.2, 0) is 0 Å². The van der Waals surface area contributed by atoms with Gasteiger partial charge < -0.3 is 0 Å². The van der Waals surface area contributed by atoms with Gasteiger partial charge in [-0.1, -0.05) is 121 Å². The van der Waals surface area contributed by atoms with Gasteiger partial charge in [-0.05, 0) is 85.4 Å². The molecule has 0 aliphatic rings. The topological polar surface area (TPSA) is 0 Å². The minimum absolute atomic E-state index is 1.07. The predicted molar refractivity (Wildman–Crippen MR) is 156 cm³/mol. The molecule has 0 aliphatic heterocycles. The zero-order valence-corrected chi connectivity index (χ0v) is 21.1. The van der Waals surface area contributed by atoms with E-state index in [1.54, 1.807) is 11.8 Å². The van der Waals surface area contributed by atoms with Gasteiger partial charge in [0.2, 0.25) is 0 Å². The fourth-order valence-corrected chi connectivity index (χ4v) is 5.96. The van der Waals surface area contributed by atoms with Crippen LogP contribution < -0.4 is 10.4 Å². The summed E-state index contributed by atoms with van der Waals surface area (Å²) in [5.74, 6) is 0. The van der Waals surface area contributed by atoms with Gasteiger partial charge in [-0.25, -0.2) is 0 Å². The summed E-state index contributed by atoms with van der Waals surface area (Å²) in [6, 6.07) is 45.6. The first-order valence-electron chi connectivity index (χ1n) is 12.2. The maximum absolute atomic E-state index is 4.58. The summed E-state index contributed by atoms with van der Waals surface area (Å²) in [7, 11) is 0. The van der Waals surface area contributed by atoms with E-state index in [4.69, 9.17) is 0 Å². The molecule has 6 aromatic rings. The zero-order valence-electron chi connectivity index (χ0n) is 20.2. The van der Waals surface area contributed by atoms with E-state index < -0.39 is 0 Å². The van der Waals surface area contributed by atoms with Crippen molar-refractivity contribution in [3.05, 3.63) is 155 Å². The summed E-state index contributed by atoms with van der Waals surface area (Å²) in [5, 5.41) is 7.20. The van der Waals surface area contributed by atoms with Crippen molar-refractivity contribution in [1.29, 1.82) is 0 Å². The molecule has 0 N–H and O–H groups in total. The second kappa shape index (κ2) is 9.53. The molecule has 0 aromatic heterocycles. The molecule has 0 amide bonds. The highest BCUT2D eigenvalue weighted by atomic mass is 32.2. The molecule has 1 heteroatoms. The fourth-order valence-electron chi connectivity index (χ4n) is 5.06. The first-order chi connectivity index (χ1) is 17.7. The Hall–Kier alpha value is -4.07. The lowest BCUT2D eigenvalue weighted by atomic mass is 9.89. The van der Waals surface area contributed by atoms with Crippen molar-refractivity contribution < 1.29 is 0 Å². The van der Waals surface area contributed by atoms with Gasteiger partial charge in [-0.15, -0.1) is 0 Å². The van der Waals surface area contributed by atoms with Gasteiger partial charge >= 0.3 is 0 Å². The first-order valence-corrected chi connectivity index (χ1v) is 13.0. The average molecular weight is 479 g/mol. The van der Waals surface area contributed by atoms with E-state index in [-0.39, 0.29) is 0 Å². The van der Waals surface area contributed by atoms with Gasteiger partial charge in [0.15, 0.2) is 0 Å². The number of aryl methyl sites for hydroxylation is 1. The normalized spacial score (nSPS) is 12.1. The molecule has 6 aromatic carbocycles. The molecule has 0 radical (unpaired) electrons. The highest BCUT2D eigenvalue weighted by molar-refractivity contribution is 7.99. The van der Waals surface area contributed by atoms with Crippen LogP contribution in [0.4, 0.5) is 0 Å². The minimum Gasteiger partial charge on any atom is -0.0905 e. The third-order valence-corrected chi connectivity index (χ3v) is 7.88. The third-order valence-electron chi connectivity index (χ3n) is 6.88. The van der Waals surface area contributed by atoms with E-state index in [0.29, 0.717) is 0 Å². The van der Waals surface area contributed by atoms with Crippen molar-refractivity contribution in [3.63, 3.8) is 0 Å². The second-order valence-corrected chi connectivity index (χ2v) is 10.2. The van der Waals surface area contributed by atoms with Crippen molar-refractivity contribution in [2.24, 2.45) is 0 Å². The molecule has 0 aliphatic carbocycles. The van der Waals surface area contributed by atoms with E-state index in [0.717, 1.165) is 5.22 Å². The second-order valence-electron chi connectivity index (χ2n) is 9.09. The van der Waals surface area contributed by atoms with Crippen LogP contribution in [0.5, 0.6) is 0 Å². The van der Waals surface area contributed by atoms with Crippen LogP contribution in [0.1, 0.15) is 16.7 Å². The van der Waals surface area contributed by atoms with Crippen LogP contribution in [0.15, 0.2) is 137 Å². The number of rotatable bonds is 4. The first kappa shape index (κ1) is 22.4. The van der Waals surface area contributed by atoms with Gasteiger partial charge in [-0.3, -0.25) is 0 Å². The van der Waals surface area contributed by atoms with E-state index in [9.17, 15) is 0 Å². The number of hydrogen-bond donors (Lipinski definition) is 0. The van der Waals surface area contributed by atoms with Gasteiger partial charge in [0, 0.05) is 9.79 Å². The van der Waals surface area contributed by atoms with Gasteiger partial charge in [0.25, 0.3) is 0 Å². The summed E-state index contributed by atoms with van der Waals surface area (Å²) >= 11 is 1.79. The van der Waals surface area contributed by atoms with E-state index >= 15 is 0 Å². The summed E-state index contributed by atoms with van der Waals surface area (Å²) in [6.45, 7) is 6.82. The maximum atomic E-state index is 4.58. The lowest BCUT2D eigenvalue weighted by Gasteiger charge is -2.16. The molecule has 0 nitrogen and oxygen atoms in total. The van der Waals surface area contributed by atoms with Crippen LogP contribution in [0.25, 0.3) is 33.7 Å². The predicted octanol–water partition coefficient (Wildman–Crippen LogP) is 8.11. The van der Waals surface area contributed by atoms with Gasteiger partial charge in [-0.2, -0.15) is 0 Å². The molecule has 0 unspecified atom stereocenters. The molecule has 36 heavy (non-hydrogen) atoms. The smallest absolute Gasteiger partial charge is 0.0128 e. The lowest BCUT2D eigenvalue weighted by Crippen LogP contribution is -2.27. The molecule has 0 spiro atoms. The molecule has 0 atom stereocenters. The SMILES string of the molecule is C=c1/c(=C(/c2cccc(Sc3ccccc3)c2)c2ccc3ccccc3c2C)ccc2ccccc12. The highest BCUT2D eigenvalue weighted by Gasteiger charge is 2.13. The Labute approximate surface area is 216 Å². The zero-order chi connectivity index (χ0) is 24.5. The van der Waals surface area contributed by atoms with Crippen LogP contribution >= 0.6 is 11.8 Å². The third kappa shape index (κ3) is 4.12. The largest absolute Gasteiger partial charge is 0.0905 e.